The van der Waals surface area contributed by atoms with Gasteiger partial charge in [-0.3, -0.25) is 9.69 Å². The standard InChI is InChI=1S/C15H21FN2O2/c1-10-8-18(9-11(2)20-10)12(3)15(19)17-14-7-5-4-6-13(14)16/h4-7,10-12H,8-9H2,1-3H3,(H,17,19)/t10-,11-,12-/m1/s1. The van der Waals surface area contributed by atoms with Gasteiger partial charge in [0.25, 0.3) is 0 Å². The predicted molar refractivity (Wildman–Crippen MR) is 76.1 cm³/mol. The van der Waals surface area contributed by atoms with Gasteiger partial charge in [0.05, 0.1) is 23.9 Å². The molecule has 5 heteroatoms. The van der Waals surface area contributed by atoms with E-state index in [9.17, 15) is 9.18 Å². The first-order chi connectivity index (χ1) is 9.47. The lowest BCUT2D eigenvalue weighted by Gasteiger charge is -2.38. The number of hydrogen-bond donors (Lipinski definition) is 1. The minimum absolute atomic E-state index is 0.0995. The molecule has 0 spiro atoms. The third kappa shape index (κ3) is 3.55. The highest BCUT2D eigenvalue weighted by Crippen LogP contribution is 2.16. The molecular weight excluding hydrogens is 259 g/mol. The van der Waals surface area contributed by atoms with Gasteiger partial charge in [0.2, 0.25) is 5.91 Å². The van der Waals surface area contributed by atoms with Crippen LogP contribution in [0.2, 0.25) is 0 Å². The molecule has 0 unspecified atom stereocenters. The maximum Gasteiger partial charge on any atom is 0.241 e. The van der Waals surface area contributed by atoms with Crippen molar-refractivity contribution in [3.63, 3.8) is 0 Å². The average molecular weight is 280 g/mol. The molecule has 0 radical (unpaired) electrons. The fraction of sp³-hybridized carbons (Fsp3) is 0.533. The Labute approximate surface area is 118 Å². The van der Waals surface area contributed by atoms with Gasteiger partial charge in [-0.05, 0) is 32.9 Å². The van der Waals surface area contributed by atoms with Gasteiger partial charge in [-0.2, -0.15) is 0 Å². The number of amides is 1. The first-order valence-electron chi connectivity index (χ1n) is 6.92. The van der Waals surface area contributed by atoms with Crippen LogP contribution in [0, 0.1) is 5.82 Å². The lowest BCUT2D eigenvalue weighted by atomic mass is 10.1. The highest BCUT2D eigenvalue weighted by molar-refractivity contribution is 5.94. The minimum Gasteiger partial charge on any atom is -0.373 e. The van der Waals surface area contributed by atoms with Gasteiger partial charge >= 0.3 is 0 Å². The Hall–Kier alpha value is -1.46. The van der Waals surface area contributed by atoms with E-state index in [1.807, 2.05) is 20.8 Å². The summed E-state index contributed by atoms with van der Waals surface area (Å²) < 4.78 is 19.2. The number of morpholine rings is 1. The monoisotopic (exact) mass is 280 g/mol. The van der Waals surface area contributed by atoms with Crippen molar-refractivity contribution in [1.82, 2.24) is 4.90 Å². The van der Waals surface area contributed by atoms with E-state index in [0.29, 0.717) is 13.1 Å². The van der Waals surface area contributed by atoms with Crippen LogP contribution >= 0.6 is 0 Å². The number of anilines is 1. The Morgan fingerprint density at radius 3 is 2.55 bits per heavy atom. The summed E-state index contributed by atoms with van der Waals surface area (Å²) in [5.41, 5.74) is 0.221. The Kier molecular flexibility index (Phi) is 4.73. The molecule has 1 N–H and O–H groups in total. The number of carbonyl (C=O) groups excluding carboxylic acids is 1. The summed E-state index contributed by atoms with van der Waals surface area (Å²) in [7, 11) is 0. The average Bonchev–Trinajstić information content (AvgIpc) is 2.39. The van der Waals surface area contributed by atoms with E-state index in [1.54, 1.807) is 18.2 Å². The first kappa shape index (κ1) is 14.9. The number of hydrogen-bond acceptors (Lipinski definition) is 3. The number of carbonyl (C=O) groups is 1. The number of nitrogens with zero attached hydrogens (tertiary/aromatic N) is 1. The van der Waals surface area contributed by atoms with Crippen LogP contribution in [0.3, 0.4) is 0 Å². The smallest absolute Gasteiger partial charge is 0.241 e. The molecule has 1 amide bonds. The fourth-order valence-electron chi connectivity index (χ4n) is 2.50. The van der Waals surface area contributed by atoms with Crippen molar-refractivity contribution in [3.8, 4) is 0 Å². The van der Waals surface area contributed by atoms with Crippen LogP contribution in [0.1, 0.15) is 20.8 Å². The molecule has 110 valence electrons. The Morgan fingerprint density at radius 1 is 1.35 bits per heavy atom. The molecule has 0 aliphatic carbocycles. The fourth-order valence-corrected chi connectivity index (χ4v) is 2.50. The number of rotatable bonds is 3. The molecule has 0 saturated carbocycles. The first-order valence-corrected chi connectivity index (χ1v) is 6.92. The van der Waals surface area contributed by atoms with Crippen molar-refractivity contribution in [2.75, 3.05) is 18.4 Å². The van der Waals surface area contributed by atoms with E-state index in [2.05, 4.69) is 10.2 Å². The Bertz CT molecular complexity index is 471. The van der Waals surface area contributed by atoms with Crippen molar-refractivity contribution in [3.05, 3.63) is 30.1 Å². The van der Waals surface area contributed by atoms with Crippen LogP contribution in [0.25, 0.3) is 0 Å². The van der Waals surface area contributed by atoms with E-state index >= 15 is 0 Å². The van der Waals surface area contributed by atoms with Crippen molar-refractivity contribution in [2.24, 2.45) is 0 Å². The highest BCUT2D eigenvalue weighted by atomic mass is 19.1. The largest absolute Gasteiger partial charge is 0.373 e. The van der Waals surface area contributed by atoms with Gasteiger partial charge in [0.1, 0.15) is 5.82 Å². The van der Waals surface area contributed by atoms with Gasteiger partial charge in [0.15, 0.2) is 0 Å². The van der Waals surface area contributed by atoms with Gasteiger partial charge in [-0.1, -0.05) is 12.1 Å². The molecule has 4 nitrogen and oxygen atoms in total. The second-order valence-electron chi connectivity index (χ2n) is 5.36. The molecule has 0 bridgehead atoms. The molecule has 0 aromatic heterocycles. The molecule has 1 aromatic carbocycles. The van der Waals surface area contributed by atoms with Crippen LogP contribution in [-0.4, -0.2) is 42.1 Å². The van der Waals surface area contributed by atoms with Crippen LogP contribution in [-0.2, 0) is 9.53 Å². The molecule has 20 heavy (non-hydrogen) atoms. The van der Waals surface area contributed by atoms with Crippen molar-refractivity contribution in [1.29, 1.82) is 0 Å². The predicted octanol–water partition coefficient (Wildman–Crippen LogP) is 2.26. The zero-order valence-electron chi connectivity index (χ0n) is 12.1. The summed E-state index contributed by atoms with van der Waals surface area (Å²) in [5, 5.41) is 2.64. The molecule has 1 aromatic rings. The minimum atomic E-state index is -0.420. The van der Waals surface area contributed by atoms with E-state index in [-0.39, 0.29) is 29.8 Å². The lowest BCUT2D eigenvalue weighted by molar-refractivity contribution is -0.126. The zero-order valence-corrected chi connectivity index (χ0v) is 12.1. The summed E-state index contributed by atoms with van der Waals surface area (Å²) in [6.45, 7) is 7.22. The summed E-state index contributed by atoms with van der Waals surface area (Å²) in [4.78, 5) is 14.3. The summed E-state index contributed by atoms with van der Waals surface area (Å²) in [5.74, 6) is -0.617. The molecule has 1 aliphatic rings. The van der Waals surface area contributed by atoms with Gasteiger partial charge in [-0.15, -0.1) is 0 Å². The number of para-hydroxylation sites is 1. The quantitative estimate of drug-likeness (QED) is 0.923. The van der Waals surface area contributed by atoms with Gasteiger partial charge in [0, 0.05) is 13.1 Å². The highest BCUT2D eigenvalue weighted by Gasteiger charge is 2.29. The molecule has 3 atom stereocenters. The zero-order chi connectivity index (χ0) is 14.7. The van der Waals surface area contributed by atoms with Gasteiger partial charge < -0.3 is 10.1 Å². The molecular formula is C15H21FN2O2. The third-order valence-corrected chi connectivity index (χ3v) is 3.51. The third-order valence-electron chi connectivity index (χ3n) is 3.51. The number of ether oxygens (including phenoxy) is 1. The van der Waals surface area contributed by atoms with Crippen LogP contribution in [0.15, 0.2) is 24.3 Å². The second kappa shape index (κ2) is 6.33. The number of halogens is 1. The van der Waals surface area contributed by atoms with E-state index in [0.717, 1.165) is 0 Å². The number of benzene rings is 1. The molecule has 1 saturated heterocycles. The van der Waals surface area contributed by atoms with Crippen LogP contribution in [0.4, 0.5) is 10.1 Å². The van der Waals surface area contributed by atoms with Crippen molar-refractivity contribution < 1.29 is 13.9 Å². The molecule has 2 rings (SSSR count). The van der Waals surface area contributed by atoms with Crippen molar-refractivity contribution >= 4 is 11.6 Å². The normalized spacial score (nSPS) is 25.2. The summed E-state index contributed by atoms with van der Waals surface area (Å²) >= 11 is 0. The molecule has 1 aliphatic heterocycles. The maximum absolute atomic E-state index is 13.5. The lowest BCUT2D eigenvalue weighted by Crippen LogP contribution is -2.52. The summed E-state index contributed by atoms with van der Waals surface area (Å²) in [6.07, 6.45) is 0.199. The SMILES string of the molecule is C[C@@H]1CN([C@H](C)C(=O)Nc2ccccc2F)C[C@@H](C)O1. The van der Waals surface area contributed by atoms with E-state index in [1.165, 1.54) is 6.07 Å². The van der Waals surface area contributed by atoms with Crippen LogP contribution < -0.4 is 5.32 Å². The topological polar surface area (TPSA) is 41.6 Å². The van der Waals surface area contributed by atoms with Gasteiger partial charge in [-0.25, -0.2) is 4.39 Å². The van der Waals surface area contributed by atoms with Crippen LogP contribution in [0.5, 0.6) is 0 Å². The molecule has 1 fully saturated rings. The summed E-state index contributed by atoms with van der Waals surface area (Å²) in [6, 6.07) is 5.87. The Morgan fingerprint density at radius 2 is 1.95 bits per heavy atom. The van der Waals surface area contributed by atoms with E-state index in [4.69, 9.17) is 4.74 Å². The second-order valence-corrected chi connectivity index (χ2v) is 5.36. The van der Waals surface area contributed by atoms with Crippen molar-refractivity contribution in [2.45, 2.75) is 39.0 Å². The maximum atomic E-state index is 13.5. The molecule has 1 heterocycles. The van der Waals surface area contributed by atoms with E-state index < -0.39 is 5.82 Å². The Balaban J connectivity index is 2.00. The number of nitrogens with one attached hydrogen (secondary N) is 1.